The standard InChI is InChI=1S/C15H13BrN2O3/c1-9(19)12-8-15(18(20)21)13(7-14(12)17-2)10-3-5-11(16)6-4-10/h3-8,17H,1-2H3. The molecule has 2 aromatic carbocycles. The molecule has 0 bridgehead atoms. The lowest BCUT2D eigenvalue weighted by Gasteiger charge is -2.11. The Bertz CT molecular complexity index is 712. The van der Waals surface area contributed by atoms with Crippen molar-refractivity contribution in [3.8, 4) is 11.1 Å². The van der Waals surface area contributed by atoms with Gasteiger partial charge in [0.05, 0.1) is 10.5 Å². The third kappa shape index (κ3) is 3.11. The molecule has 0 unspecified atom stereocenters. The number of rotatable bonds is 4. The molecule has 0 saturated heterocycles. The zero-order valence-electron chi connectivity index (χ0n) is 11.5. The van der Waals surface area contributed by atoms with E-state index in [2.05, 4.69) is 21.2 Å². The summed E-state index contributed by atoms with van der Waals surface area (Å²) < 4.78 is 0.892. The fraction of sp³-hybridized carbons (Fsp3) is 0.133. The van der Waals surface area contributed by atoms with Gasteiger partial charge in [0.25, 0.3) is 5.69 Å². The molecule has 6 heteroatoms. The van der Waals surface area contributed by atoms with E-state index in [4.69, 9.17) is 0 Å². The SMILES string of the molecule is CNc1cc(-c2ccc(Br)cc2)c([N+](=O)[O-])cc1C(C)=O. The van der Waals surface area contributed by atoms with Crippen molar-refractivity contribution in [1.29, 1.82) is 0 Å². The van der Waals surface area contributed by atoms with E-state index < -0.39 is 4.92 Å². The molecule has 2 rings (SSSR count). The summed E-state index contributed by atoms with van der Waals surface area (Å²) in [5.41, 5.74) is 2.00. The number of benzene rings is 2. The molecule has 0 fully saturated rings. The van der Waals surface area contributed by atoms with Crippen molar-refractivity contribution < 1.29 is 9.72 Å². The zero-order valence-corrected chi connectivity index (χ0v) is 13.1. The summed E-state index contributed by atoms with van der Waals surface area (Å²) in [4.78, 5) is 22.5. The Balaban J connectivity index is 2.72. The molecule has 0 aromatic heterocycles. The van der Waals surface area contributed by atoms with Gasteiger partial charge >= 0.3 is 0 Å². The molecule has 21 heavy (non-hydrogen) atoms. The van der Waals surface area contributed by atoms with Crippen molar-refractivity contribution in [3.63, 3.8) is 0 Å². The van der Waals surface area contributed by atoms with Crippen LogP contribution >= 0.6 is 15.9 Å². The Morgan fingerprint density at radius 1 is 1.24 bits per heavy atom. The van der Waals surface area contributed by atoms with Crippen LogP contribution in [-0.2, 0) is 0 Å². The smallest absolute Gasteiger partial charge is 0.278 e. The fourth-order valence-corrected chi connectivity index (χ4v) is 2.36. The first-order valence-electron chi connectivity index (χ1n) is 6.21. The first-order chi connectivity index (χ1) is 9.93. The molecule has 0 aliphatic rings. The molecule has 0 amide bonds. The van der Waals surface area contributed by atoms with Crippen molar-refractivity contribution >= 4 is 33.1 Å². The summed E-state index contributed by atoms with van der Waals surface area (Å²) in [6, 6.07) is 10.2. The van der Waals surface area contributed by atoms with Crippen molar-refractivity contribution in [2.24, 2.45) is 0 Å². The Kier molecular flexibility index (Phi) is 4.37. The highest BCUT2D eigenvalue weighted by molar-refractivity contribution is 9.10. The first kappa shape index (κ1) is 15.2. The summed E-state index contributed by atoms with van der Waals surface area (Å²) in [5.74, 6) is -0.218. The lowest BCUT2D eigenvalue weighted by Crippen LogP contribution is -2.03. The van der Waals surface area contributed by atoms with Gasteiger partial charge in [-0.25, -0.2) is 0 Å². The average Bonchev–Trinajstić information content (AvgIpc) is 2.46. The zero-order chi connectivity index (χ0) is 15.6. The van der Waals surface area contributed by atoms with Crippen LogP contribution in [0.25, 0.3) is 11.1 Å². The number of carbonyl (C=O) groups excluding carboxylic acids is 1. The lowest BCUT2D eigenvalue weighted by atomic mass is 9.98. The minimum atomic E-state index is -0.469. The molecule has 0 aliphatic carbocycles. The number of anilines is 1. The maximum absolute atomic E-state index is 11.6. The van der Waals surface area contributed by atoms with Crippen molar-refractivity contribution in [1.82, 2.24) is 0 Å². The third-order valence-corrected chi connectivity index (χ3v) is 3.67. The van der Waals surface area contributed by atoms with Gasteiger partial charge in [-0.2, -0.15) is 0 Å². The first-order valence-corrected chi connectivity index (χ1v) is 7.00. The van der Waals surface area contributed by atoms with E-state index in [0.29, 0.717) is 16.8 Å². The van der Waals surface area contributed by atoms with Crippen LogP contribution in [0.15, 0.2) is 40.9 Å². The van der Waals surface area contributed by atoms with E-state index in [-0.39, 0.29) is 11.5 Å². The lowest BCUT2D eigenvalue weighted by molar-refractivity contribution is -0.384. The summed E-state index contributed by atoms with van der Waals surface area (Å²) in [7, 11) is 1.68. The van der Waals surface area contributed by atoms with Crippen LogP contribution in [0.3, 0.4) is 0 Å². The number of nitro benzene ring substituents is 1. The van der Waals surface area contributed by atoms with Crippen LogP contribution in [0, 0.1) is 10.1 Å². The van der Waals surface area contributed by atoms with Gasteiger partial charge in [0.15, 0.2) is 5.78 Å². The molecule has 5 nitrogen and oxygen atoms in total. The highest BCUT2D eigenvalue weighted by Crippen LogP contribution is 2.35. The summed E-state index contributed by atoms with van der Waals surface area (Å²) in [6.45, 7) is 1.39. The quantitative estimate of drug-likeness (QED) is 0.508. The van der Waals surface area contributed by atoms with Crippen LogP contribution in [0.1, 0.15) is 17.3 Å². The molecular formula is C15H13BrN2O3. The van der Waals surface area contributed by atoms with E-state index in [9.17, 15) is 14.9 Å². The highest BCUT2D eigenvalue weighted by atomic mass is 79.9. The highest BCUT2D eigenvalue weighted by Gasteiger charge is 2.20. The molecule has 1 N–H and O–H groups in total. The second-order valence-electron chi connectivity index (χ2n) is 4.49. The number of nitrogens with one attached hydrogen (secondary N) is 1. The Hall–Kier alpha value is -2.21. The summed E-state index contributed by atoms with van der Waals surface area (Å²) >= 11 is 3.33. The number of halogens is 1. The number of carbonyl (C=O) groups is 1. The monoisotopic (exact) mass is 348 g/mol. The van der Waals surface area contributed by atoms with Gasteiger partial charge in [-0.05, 0) is 30.7 Å². The van der Waals surface area contributed by atoms with Crippen LogP contribution < -0.4 is 5.32 Å². The van der Waals surface area contributed by atoms with Gasteiger partial charge < -0.3 is 5.32 Å². The number of hydrogen-bond donors (Lipinski definition) is 1. The fourth-order valence-electron chi connectivity index (χ4n) is 2.10. The van der Waals surface area contributed by atoms with Gasteiger partial charge in [-0.1, -0.05) is 28.1 Å². The average molecular weight is 349 g/mol. The van der Waals surface area contributed by atoms with E-state index in [1.807, 2.05) is 12.1 Å². The minimum Gasteiger partial charge on any atom is -0.388 e. The Labute approximate surface area is 130 Å². The molecule has 2 aromatic rings. The largest absolute Gasteiger partial charge is 0.388 e. The molecule has 0 atom stereocenters. The topological polar surface area (TPSA) is 72.2 Å². The maximum atomic E-state index is 11.6. The number of hydrogen-bond acceptors (Lipinski definition) is 4. The maximum Gasteiger partial charge on any atom is 0.278 e. The van der Waals surface area contributed by atoms with E-state index in [1.54, 1.807) is 25.2 Å². The molecular weight excluding hydrogens is 336 g/mol. The number of Topliss-reactive ketones (excluding diaryl/α,β-unsaturated/α-hetero) is 1. The number of ketones is 1. The van der Waals surface area contributed by atoms with Crippen molar-refractivity contribution in [2.45, 2.75) is 6.92 Å². The predicted molar refractivity (Wildman–Crippen MR) is 85.8 cm³/mol. The number of nitro groups is 1. The Morgan fingerprint density at radius 2 is 1.86 bits per heavy atom. The van der Waals surface area contributed by atoms with E-state index in [0.717, 1.165) is 10.0 Å². The normalized spacial score (nSPS) is 10.2. The predicted octanol–water partition coefficient (Wildman–Crippen LogP) is 4.27. The minimum absolute atomic E-state index is 0.0819. The second-order valence-corrected chi connectivity index (χ2v) is 5.40. The van der Waals surface area contributed by atoms with E-state index >= 15 is 0 Å². The second kappa shape index (κ2) is 6.05. The van der Waals surface area contributed by atoms with Gasteiger partial charge in [-0.3, -0.25) is 14.9 Å². The van der Waals surface area contributed by atoms with Gasteiger partial charge in [0.2, 0.25) is 0 Å². The van der Waals surface area contributed by atoms with Gasteiger partial charge in [0.1, 0.15) is 0 Å². The van der Waals surface area contributed by atoms with Crippen LogP contribution in [0.2, 0.25) is 0 Å². The molecule has 0 saturated carbocycles. The van der Waals surface area contributed by atoms with Crippen LogP contribution in [0.4, 0.5) is 11.4 Å². The summed E-state index contributed by atoms with van der Waals surface area (Å²) in [6.07, 6.45) is 0. The molecule has 108 valence electrons. The number of nitrogens with zero attached hydrogens (tertiary/aromatic N) is 1. The van der Waals surface area contributed by atoms with Crippen molar-refractivity contribution in [2.75, 3.05) is 12.4 Å². The van der Waals surface area contributed by atoms with Crippen molar-refractivity contribution in [3.05, 3.63) is 56.5 Å². The molecule has 0 aliphatic heterocycles. The van der Waals surface area contributed by atoms with Gasteiger partial charge in [0, 0.05) is 28.8 Å². The molecule has 0 radical (unpaired) electrons. The van der Waals surface area contributed by atoms with Crippen LogP contribution in [-0.4, -0.2) is 17.8 Å². The summed E-state index contributed by atoms with van der Waals surface area (Å²) in [5, 5.41) is 14.2. The molecule has 0 spiro atoms. The molecule has 0 heterocycles. The van der Waals surface area contributed by atoms with E-state index in [1.165, 1.54) is 13.0 Å². The Morgan fingerprint density at radius 3 is 2.33 bits per heavy atom. The van der Waals surface area contributed by atoms with Crippen LogP contribution in [0.5, 0.6) is 0 Å². The third-order valence-electron chi connectivity index (χ3n) is 3.14. The van der Waals surface area contributed by atoms with Gasteiger partial charge in [-0.15, -0.1) is 0 Å².